The molecule has 42 heavy (non-hydrogen) atoms. The van der Waals surface area contributed by atoms with Crippen molar-refractivity contribution in [3.8, 4) is 5.82 Å². The zero-order valence-corrected chi connectivity index (χ0v) is 22.4. The number of benzene rings is 7. The lowest BCUT2D eigenvalue weighted by Gasteiger charge is -2.14. The third-order valence-electron chi connectivity index (χ3n) is 8.78. The van der Waals surface area contributed by atoms with Crippen LogP contribution in [0.15, 0.2) is 132 Å². The van der Waals surface area contributed by atoms with Crippen molar-refractivity contribution in [1.82, 2.24) is 14.5 Å². The van der Waals surface area contributed by atoms with Gasteiger partial charge in [-0.1, -0.05) is 97.1 Å². The van der Waals surface area contributed by atoms with Crippen LogP contribution >= 0.6 is 0 Å². The van der Waals surface area contributed by atoms with Gasteiger partial charge in [-0.25, -0.2) is 4.98 Å². The van der Waals surface area contributed by atoms with Gasteiger partial charge in [0.2, 0.25) is 0 Å². The van der Waals surface area contributed by atoms with Crippen LogP contribution in [0, 0.1) is 0 Å². The monoisotopic (exact) mass is 535 g/mol. The van der Waals surface area contributed by atoms with Gasteiger partial charge >= 0.3 is 0 Å². The lowest BCUT2D eigenvalue weighted by atomic mass is 9.89. The first kappa shape index (κ1) is 22.0. The van der Waals surface area contributed by atoms with E-state index in [2.05, 4.69) is 95.6 Å². The van der Waals surface area contributed by atoms with Gasteiger partial charge in [0, 0.05) is 32.3 Å². The van der Waals surface area contributed by atoms with Gasteiger partial charge in [-0.3, -0.25) is 9.55 Å². The SMILES string of the molecule is c1ccc2nc(-n3c4ccccc4c4c5c6ccccc6c6ccccc6c5c5c6ccccc6oc5c43)cnc2c1. The summed E-state index contributed by atoms with van der Waals surface area (Å²) in [5.74, 6) is 0.770. The number of hydrogen-bond donors (Lipinski definition) is 0. The molecule has 3 aromatic heterocycles. The van der Waals surface area contributed by atoms with Crippen molar-refractivity contribution in [1.29, 1.82) is 0 Å². The molecule has 0 radical (unpaired) electrons. The largest absolute Gasteiger partial charge is 0.454 e. The van der Waals surface area contributed by atoms with Gasteiger partial charge in [0.1, 0.15) is 5.58 Å². The number of nitrogens with zero attached hydrogens (tertiary/aromatic N) is 3. The van der Waals surface area contributed by atoms with E-state index >= 15 is 0 Å². The molecule has 10 aromatic rings. The average molecular weight is 536 g/mol. The van der Waals surface area contributed by atoms with Gasteiger partial charge in [-0.05, 0) is 45.8 Å². The van der Waals surface area contributed by atoms with Crippen molar-refractivity contribution in [3.05, 3.63) is 128 Å². The topological polar surface area (TPSA) is 43.9 Å². The molecule has 4 heteroatoms. The van der Waals surface area contributed by atoms with E-state index in [4.69, 9.17) is 14.4 Å². The van der Waals surface area contributed by atoms with E-state index in [-0.39, 0.29) is 0 Å². The Labute approximate surface area is 239 Å². The third kappa shape index (κ3) is 2.71. The van der Waals surface area contributed by atoms with Crippen LogP contribution in [0.2, 0.25) is 0 Å². The summed E-state index contributed by atoms with van der Waals surface area (Å²) in [6, 6.07) is 42.6. The Kier molecular flexibility index (Phi) is 4.15. The molecule has 3 heterocycles. The Morgan fingerprint density at radius 1 is 0.476 bits per heavy atom. The summed E-state index contributed by atoms with van der Waals surface area (Å²) in [6.45, 7) is 0. The first-order valence-electron chi connectivity index (χ1n) is 14.2. The summed E-state index contributed by atoms with van der Waals surface area (Å²) in [6.07, 6.45) is 1.88. The number of para-hydroxylation sites is 4. The molecule has 0 spiro atoms. The second-order valence-electron chi connectivity index (χ2n) is 10.9. The van der Waals surface area contributed by atoms with E-state index in [0.717, 1.165) is 55.2 Å². The summed E-state index contributed by atoms with van der Waals surface area (Å²) < 4.78 is 9.09. The normalized spacial score (nSPS) is 12.3. The molecule has 0 saturated heterocycles. The Morgan fingerprint density at radius 3 is 1.81 bits per heavy atom. The minimum Gasteiger partial charge on any atom is -0.454 e. The third-order valence-corrected chi connectivity index (χ3v) is 8.78. The summed E-state index contributed by atoms with van der Waals surface area (Å²) in [5, 5.41) is 12.0. The number of aromatic nitrogens is 3. The van der Waals surface area contributed by atoms with Crippen molar-refractivity contribution in [3.63, 3.8) is 0 Å². The highest BCUT2D eigenvalue weighted by atomic mass is 16.3. The van der Waals surface area contributed by atoms with Crippen LogP contribution in [0.5, 0.6) is 0 Å². The Hall–Kier alpha value is -5.74. The lowest BCUT2D eigenvalue weighted by Crippen LogP contribution is -1.99. The summed E-state index contributed by atoms with van der Waals surface area (Å²) in [4.78, 5) is 9.94. The van der Waals surface area contributed by atoms with Gasteiger partial charge in [0.05, 0.1) is 28.3 Å². The highest BCUT2D eigenvalue weighted by Crippen LogP contribution is 2.49. The Morgan fingerprint density at radius 2 is 1.05 bits per heavy atom. The molecule has 0 bridgehead atoms. The van der Waals surface area contributed by atoms with Crippen molar-refractivity contribution >= 4 is 87.1 Å². The van der Waals surface area contributed by atoms with Crippen molar-refractivity contribution in [2.45, 2.75) is 0 Å². The quantitative estimate of drug-likeness (QED) is 0.196. The van der Waals surface area contributed by atoms with Crippen LogP contribution in [-0.4, -0.2) is 14.5 Å². The van der Waals surface area contributed by atoms with Crippen LogP contribution in [0.25, 0.3) is 92.9 Å². The van der Waals surface area contributed by atoms with Crippen LogP contribution in [0.1, 0.15) is 0 Å². The molecular formula is C38H21N3O. The smallest absolute Gasteiger partial charge is 0.160 e. The van der Waals surface area contributed by atoms with E-state index < -0.39 is 0 Å². The molecule has 0 fully saturated rings. The second-order valence-corrected chi connectivity index (χ2v) is 10.9. The molecule has 0 amide bonds. The Balaban J connectivity index is 1.59. The predicted molar refractivity (Wildman–Crippen MR) is 174 cm³/mol. The molecule has 0 aliphatic rings. The van der Waals surface area contributed by atoms with Crippen molar-refractivity contribution < 1.29 is 4.42 Å². The van der Waals surface area contributed by atoms with Crippen LogP contribution in [-0.2, 0) is 0 Å². The summed E-state index contributed by atoms with van der Waals surface area (Å²) in [7, 11) is 0. The maximum Gasteiger partial charge on any atom is 0.160 e. The summed E-state index contributed by atoms with van der Waals surface area (Å²) in [5.41, 5.74) is 5.56. The van der Waals surface area contributed by atoms with Gasteiger partial charge in [-0.15, -0.1) is 0 Å². The zero-order valence-electron chi connectivity index (χ0n) is 22.4. The van der Waals surface area contributed by atoms with Crippen LogP contribution in [0.4, 0.5) is 0 Å². The lowest BCUT2D eigenvalue weighted by molar-refractivity contribution is 0.671. The van der Waals surface area contributed by atoms with Crippen LogP contribution in [0.3, 0.4) is 0 Å². The van der Waals surface area contributed by atoms with Crippen LogP contribution < -0.4 is 0 Å². The van der Waals surface area contributed by atoms with Gasteiger partial charge in [0.25, 0.3) is 0 Å². The van der Waals surface area contributed by atoms with E-state index in [9.17, 15) is 0 Å². The predicted octanol–water partition coefficient (Wildman–Crippen LogP) is 10.1. The minimum absolute atomic E-state index is 0.770. The highest BCUT2D eigenvalue weighted by molar-refractivity contribution is 6.44. The molecule has 194 valence electrons. The van der Waals surface area contributed by atoms with Gasteiger partial charge < -0.3 is 4.42 Å². The number of fused-ring (bicyclic) bond motifs is 16. The van der Waals surface area contributed by atoms with E-state index in [0.29, 0.717) is 0 Å². The zero-order chi connectivity index (χ0) is 27.4. The molecule has 0 N–H and O–H groups in total. The van der Waals surface area contributed by atoms with E-state index in [1.165, 1.54) is 37.7 Å². The molecule has 10 rings (SSSR count). The van der Waals surface area contributed by atoms with E-state index in [1.807, 2.05) is 36.5 Å². The average Bonchev–Trinajstić information content (AvgIpc) is 3.61. The highest BCUT2D eigenvalue weighted by Gasteiger charge is 2.26. The molecule has 0 saturated carbocycles. The van der Waals surface area contributed by atoms with Crippen molar-refractivity contribution in [2.24, 2.45) is 0 Å². The number of rotatable bonds is 1. The molecule has 0 aliphatic heterocycles. The fourth-order valence-electron chi connectivity index (χ4n) is 7.12. The fourth-order valence-corrected chi connectivity index (χ4v) is 7.12. The molecule has 4 nitrogen and oxygen atoms in total. The maximum atomic E-state index is 6.84. The first-order valence-corrected chi connectivity index (χ1v) is 14.2. The van der Waals surface area contributed by atoms with Gasteiger partial charge in [0.15, 0.2) is 11.4 Å². The standard InChI is InChI=1S/C38H21N3O/c1-3-13-24-22(11-1)23-12-2-4-14-25(23)34-33(24)35-26-15-5-9-19-30(26)41(32-21-39-28-17-7-8-18-29(28)40-32)37(35)38-36(34)27-16-6-10-20-31(27)42-38/h1-21H. The van der Waals surface area contributed by atoms with Crippen molar-refractivity contribution in [2.75, 3.05) is 0 Å². The number of hydrogen-bond acceptors (Lipinski definition) is 3. The molecule has 7 aromatic carbocycles. The van der Waals surface area contributed by atoms with E-state index in [1.54, 1.807) is 0 Å². The summed E-state index contributed by atoms with van der Waals surface area (Å²) >= 11 is 0. The first-order chi connectivity index (χ1) is 20.9. The maximum absolute atomic E-state index is 6.84. The second kappa shape index (κ2) is 7.93. The number of furan rings is 1. The molecule has 0 atom stereocenters. The van der Waals surface area contributed by atoms with Gasteiger partial charge in [-0.2, -0.15) is 0 Å². The minimum atomic E-state index is 0.770. The Bertz CT molecular complexity index is 2750. The fraction of sp³-hybridized carbons (Fsp3) is 0. The molecule has 0 aliphatic carbocycles. The molecular weight excluding hydrogens is 514 g/mol. The molecule has 0 unspecified atom stereocenters.